The first kappa shape index (κ1) is 28.2. The molecule has 41 heavy (non-hydrogen) atoms. The molecule has 2 N–H and O–H groups in total. The molecule has 0 saturated carbocycles. The van der Waals surface area contributed by atoms with Crippen molar-refractivity contribution < 1.29 is 9.53 Å². The molecule has 1 aliphatic heterocycles. The molecule has 0 radical (unpaired) electrons. The third-order valence-corrected chi connectivity index (χ3v) is 7.88. The Labute approximate surface area is 247 Å². The molecule has 3 heterocycles. The van der Waals surface area contributed by atoms with Crippen molar-refractivity contribution in [2.45, 2.75) is 39.3 Å². The lowest BCUT2D eigenvalue weighted by Gasteiger charge is -2.29. The minimum atomic E-state index is -0.181. The van der Waals surface area contributed by atoms with Crippen LogP contribution in [-0.2, 0) is 4.79 Å². The maximum absolute atomic E-state index is 12.1. The lowest BCUT2D eigenvalue weighted by atomic mass is 9.96. The second-order valence-corrected chi connectivity index (χ2v) is 10.7. The highest BCUT2D eigenvalue weighted by atomic mass is 32.1. The quantitative estimate of drug-likeness (QED) is 0.249. The highest BCUT2D eigenvalue weighted by Crippen LogP contribution is 2.45. The molecule has 9 heteroatoms. The maximum Gasteiger partial charge on any atom is 0.224 e. The third-order valence-electron chi connectivity index (χ3n) is 7.57. The highest BCUT2D eigenvalue weighted by molar-refractivity contribution is 7.80. The van der Waals surface area contributed by atoms with Crippen LogP contribution in [0.25, 0.3) is 5.69 Å². The summed E-state index contributed by atoms with van der Waals surface area (Å²) >= 11 is 5.96. The number of hydrogen-bond donors (Lipinski definition) is 2. The summed E-state index contributed by atoms with van der Waals surface area (Å²) < 4.78 is 7.97. The first-order valence-electron chi connectivity index (χ1n) is 13.7. The van der Waals surface area contributed by atoms with Gasteiger partial charge in [-0.25, -0.2) is 0 Å². The van der Waals surface area contributed by atoms with Crippen molar-refractivity contribution in [3.63, 3.8) is 0 Å². The minimum absolute atomic E-state index is 0.0754. The van der Waals surface area contributed by atoms with Crippen LogP contribution in [-0.4, -0.2) is 41.8 Å². The fourth-order valence-corrected chi connectivity index (χ4v) is 5.85. The van der Waals surface area contributed by atoms with Crippen molar-refractivity contribution in [2.24, 2.45) is 0 Å². The highest BCUT2D eigenvalue weighted by Gasteiger charge is 2.42. The van der Waals surface area contributed by atoms with E-state index in [0.29, 0.717) is 23.0 Å². The lowest BCUT2D eigenvalue weighted by Crippen LogP contribution is -2.29. The molecule has 4 aromatic rings. The summed E-state index contributed by atoms with van der Waals surface area (Å²) in [6, 6.07) is 22.1. The number of nitrogens with one attached hydrogen (secondary N) is 2. The molecule has 0 spiro atoms. The Balaban J connectivity index is 1.62. The number of hydrogen-bond acceptors (Lipinski definition) is 5. The Morgan fingerprint density at radius 3 is 2.44 bits per heavy atom. The predicted octanol–water partition coefficient (Wildman–Crippen LogP) is 6.09. The first-order valence-corrected chi connectivity index (χ1v) is 14.1. The zero-order chi connectivity index (χ0) is 29.3. The summed E-state index contributed by atoms with van der Waals surface area (Å²) in [5, 5.41) is 7.06. The van der Waals surface area contributed by atoms with Gasteiger partial charge in [0, 0.05) is 61.2 Å². The van der Waals surface area contributed by atoms with Crippen molar-refractivity contribution in [2.75, 3.05) is 36.3 Å². The number of nitrogens with zero attached hydrogens (tertiary/aromatic N) is 4. The predicted molar refractivity (Wildman–Crippen MR) is 169 cm³/mol. The van der Waals surface area contributed by atoms with Crippen LogP contribution in [0.15, 0.2) is 72.9 Å². The lowest BCUT2D eigenvalue weighted by molar-refractivity contribution is -0.115. The third kappa shape index (κ3) is 5.37. The van der Waals surface area contributed by atoms with Crippen molar-refractivity contribution in [3.8, 4) is 11.4 Å². The molecule has 2 aromatic heterocycles. The molecule has 5 rings (SSSR count). The average Bonchev–Trinajstić information content (AvgIpc) is 3.48. The van der Waals surface area contributed by atoms with Gasteiger partial charge >= 0.3 is 0 Å². The molecule has 0 unspecified atom stereocenters. The average molecular weight is 569 g/mol. The Morgan fingerprint density at radius 1 is 1.07 bits per heavy atom. The summed E-state index contributed by atoms with van der Waals surface area (Å²) in [6.45, 7) is 6.10. The zero-order valence-corrected chi connectivity index (χ0v) is 25.1. The van der Waals surface area contributed by atoms with E-state index in [1.807, 2.05) is 63.6 Å². The van der Waals surface area contributed by atoms with Gasteiger partial charge in [0.15, 0.2) is 5.11 Å². The van der Waals surface area contributed by atoms with E-state index in [1.54, 1.807) is 7.11 Å². The maximum atomic E-state index is 12.1. The largest absolute Gasteiger partial charge is 0.494 e. The van der Waals surface area contributed by atoms with Gasteiger partial charge in [0.1, 0.15) is 5.75 Å². The fraction of sp³-hybridized carbons (Fsp3) is 0.281. The van der Waals surface area contributed by atoms with E-state index in [4.69, 9.17) is 21.9 Å². The molecule has 1 amide bonds. The van der Waals surface area contributed by atoms with Gasteiger partial charge < -0.3 is 29.7 Å². The number of carbonyl (C=O) groups is 1. The summed E-state index contributed by atoms with van der Waals surface area (Å²) in [5.74, 6) is 0.493. The number of rotatable bonds is 8. The molecule has 0 aliphatic carbocycles. The van der Waals surface area contributed by atoms with Gasteiger partial charge in [-0.3, -0.25) is 9.78 Å². The van der Waals surface area contributed by atoms with Gasteiger partial charge in [-0.05, 0) is 86.2 Å². The number of carbonyl (C=O) groups excluding carboxylic acids is 1. The number of thiocarbonyl (C=S) groups is 1. The minimum Gasteiger partial charge on any atom is -0.494 e. The molecule has 8 nitrogen and oxygen atoms in total. The Morgan fingerprint density at radius 2 is 1.80 bits per heavy atom. The van der Waals surface area contributed by atoms with Crippen molar-refractivity contribution in [1.29, 1.82) is 0 Å². The number of anilines is 3. The van der Waals surface area contributed by atoms with Gasteiger partial charge in [0.2, 0.25) is 5.91 Å². The number of benzene rings is 2. The Bertz CT molecular complexity index is 1570. The SMILES string of the molecule is CCC(=O)Nc1ccc(N2C(=S)N[C@@H](c3ccccn3)[C@H]2c2cc(C)n(-c3ccc(N(C)C)cc3)c2C)cc1OC. The molecule has 0 bridgehead atoms. The van der Waals surface area contributed by atoms with E-state index in [9.17, 15) is 4.79 Å². The van der Waals surface area contributed by atoms with Crippen LogP contribution in [0.5, 0.6) is 5.75 Å². The van der Waals surface area contributed by atoms with E-state index >= 15 is 0 Å². The second kappa shape index (κ2) is 11.6. The van der Waals surface area contributed by atoms with Gasteiger partial charge in [-0.15, -0.1) is 0 Å². The molecular formula is C32H36N6O2S. The van der Waals surface area contributed by atoms with Crippen LogP contribution >= 0.6 is 12.2 Å². The Kier molecular flexibility index (Phi) is 7.99. The first-order chi connectivity index (χ1) is 19.7. The van der Waals surface area contributed by atoms with E-state index in [1.165, 1.54) is 0 Å². The van der Waals surface area contributed by atoms with Crippen LogP contribution in [0, 0.1) is 13.8 Å². The summed E-state index contributed by atoms with van der Waals surface area (Å²) in [7, 11) is 5.69. The molecule has 1 saturated heterocycles. The zero-order valence-electron chi connectivity index (χ0n) is 24.3. The van der Waals surface area contributed by atoms with E-state index in [0.717, 1.165) is 39.7 Å². The summed E-state index contributed by atoms with van der Waals surface area (Å²) in [4.78, 5) is 21.0. The van der Waals surface area contributed by atoms with E-state index < -0.39 is 0 Å². The molecule has 2 atom stereocenters. The monoisotopic (exact) mass is 568 g/mol. The van der Waals surface area contributed by atoms with Gasteiger partial charge in [0.25, 0.3) is 0 Å². The van der Waals surface area contributed by atoms with Gasteiger partial charge in [-0.1, -0.05) is 13.0 Å². The number of ether oxygens (including phenoxy) is 1. The van der Waals surface area contributed by atoms with Gasteiger partial charge in [-0.2, -0.15) is 0 Å². The smallest absolute Gasteiger partial charge is 0.224 e. The number of aromatic nitrogens is 2. The molecule has 2 aromatic carbocycles. The van der Waals surface area contributed by atoms with Crippen LogP contribution in [0.2, 0.25) is 0 Å². The number of methoxy groups -OCH3 is 1. The van der Waals surface area contributed by atoms with Crippen molar-refractivity contribution in [3.05, 3.63) is 95.6 Å². The van der Waals surface area contributed by atoms with Crippen LogP contribution in [0.1, 0.15) is 48.1 Å². The van der Waals surface area contributed by atoms with E-state index in [-0.39, 0.29) is 18.0 Å². The Hall–Kier alpha value is -4.37. The molecule has 1 fully saturated rings. The number of aryl methyl sites for hydroxylation is 1. The standard InChI is InChI=1S/C32H36N6O2S/c1-7-29(39)34-26-16-15-24(19-28(26)40-6)38-31(30(35-32(38)41)27-10-8-9-17-33-27)25-18-20(2)37(21(25)3)23-13-11-22(12-14-23)36(4)5/h8-19,30-31H,7H2,1-6H3,(H,34,39)(H,35,41)/t30-,31+/m0/s1. The fourth-order valence-electron chi connectivity index (χ4n) is 5.50. The summed E-state index contributed by atoms with van der Waals surface area (Å²) in [6.07, 6.45) is 2.19. The van der Waals surface area contributed by atoms with E-state index in [2.05, 4.69) is 69.2 Å². The topological polar surface area (TPSA) is 74.7 Å². The van der Waals surface area contributed by atoms with Gasteiger partial charge in [0.05, 0.1) is 30.6 Å². The van der Waals surface area contributed by atoms with Crippen LogP contribution in [0.4, 0.5) is 17.1 Å². The van der Waals surface area contributed by atoms with Crippen molar-refractivity contribution in [1.82, 2.24) is 14.9 Å². The van der Waals surface area contributed by atoms with Crippen molar-refractivity contribution >= 4 is 40.3 Å². The normalized spacial score (nSPS) is 16.4. The second-order valence-electron chi connectivity index (χ2n) is 10.4. The molecular weight excluding hydrogens is 532 g/mol. The number of amides is 1. The number of pyridine rings is 1. The van der Waals surface area contributed by atoms with Crippen LogP contribution < -0.4 is 25.2 Å². The van der Waals surface area contributed by atoms with Crippen LogP contribution in [0.3, 0.4) is 0 Å². The molecule has 1 aliphatic rings. The summed E-state index contributed by atoms with van der Waals surface area (Å²) in [5.41, 5.74) is 8.03. The molecule has 212 valence electrons.